The third kappa shape index (κ3) is 4.80. The van der Waals surface area contributed by atoms with Crippen LogP contribution in [0, 0.1) is 0 Å². The second kappa shape index (κ2) is 10.3. The number of piperazine rings is 1. The zero-order valence-corrected chi connectivity index (χ0v) is 19.5. The number of carbonyl (C=O) groups excluding carboxylic acids is 1. The van der Waals surface area contributed by atoms with Crippen molar-refractivity contribution in [3.63, 3.8) is 0 Å². The van der Waals surface area contributed by atoms with Gasteiger partial charge in [-0.1, -0.05) is 24.3 Å². The molecule has 0 spiro atoms. The molecule has 2 fully saturated rings. The number of fused-ring (bicyclic) bond motifs is 1. The molecule has 9 heteroatoms. The number of anilines is 2. The minimum Gasteiger partial charge on any atom is -0.462 e. The molecule has 2 aliphatic rings. The summed E-state index contributed by atoms with van der Waals surface area (Å²) in [5.41, 5.74) is 1.49. The normalized spacial score (nSPS) is 17.2. The third-order valence-corrected chi connectivity index (χ3v) is 6.38. The molecule has 9 nitrogen and oxygen atoms in total. The lowest BCUT2D eigenvalue weighted by atomic mass is 10.1. The first-order chi connectivity index (χ1) is 16.7. The van der Waals surface area contributed by atoms with E-state index in [0.717, 1.165) is 87.1 Å². The van der Waals surface area contributed by atoms with Crippen molar-refractivity contribution in [1.29, 1.82) is 0 Å². The molecule has 0 aliphatic carbocycles. The first-order valence-electron chi connectivity index (χ1n) is 11.9. The second-order valence-electron chi connectivity index (χ2n) is 8.50. The molecule has 0 atom stereocenters. The van der Waals surface area contributed by atoms with Crippen LogP contribution in [0.4, 0.5) is 11.6 Å². The van der Waals surface area contributed by atoms with Crippen LogP contribution in [0.2, 0.25) is 0 Å². The van der Waals surface area contributed by atoms with Gasteiger partial charge in [0.2, 0.25) is 0 Å². The van der Waals surface area contributed by atoms with Gasteiger partial charge in [0.1, 0.15) is 5.82 Å². The van der Waals surface area contributed by atoms with Crippen molar-refractivity contribution in [3.8, 4) is 0 Å². The molecular formula is C25H30N6O3. The van der Waals surface area contributed by atoms with Crippen LogP contribution in [-0.4, -0.2) is 85.1 Å². The van der Waals surface area contributed by atoms with Crippen molar-refractivity contribution in [1.82, 2.24) is 20.1 Å². The zero-order valence-electron chi connectivity index (χ0n) is 19.5. The van der Waals surface area contributed by atoms with Crippen LogP contribution in [0.5, 0.6) is 0 Å². The summed E-state index contributed by atoms with van der Waals surface area (Å²) in [5, 5.41) is 11.6. The molecule has 0 radical (unpaired) electrons. The summed E-state index contributed by atoms with van der Waals surface area (Å²) >= 11 is 0. The van der Waals surface area contributed by atoms with Crippen LogP contribution >= 0.6 is 0 Å². The van der Waals surface area contributed by atoms with E-state index in [0.29, 0.717) is 12.2 Å². The summed E-state index contributed by atoms with van der Waals surface area (Å²) < 4.78 is 10.5. The van der Waals surface area contributed by atoms with Gasteiger partial charge in [-0.3, -0.25) is 4.90 Å². The Kier molecular flexibility index (Phi) is 6.82. The highest BCUT2D eigenvalue weighted by Crippen LogP contribution is 2.28. The number of hydrogen-bond acceptors (Lipinski definition) is 9. The summed E-state index contributed by atoms with van der Waals surface area (Å²) in [4.78, 5) is 23.3. The average molecular weight is 463 g/mol. The van der Waals surface area contributed by atoms with Crippen LogP contribution in [0.15, 0.2) is 42.6 Å². The Morgan fingerprint density at radius 2 is 1.68 bits per heavy atom. The Labute approximate surface area is 199 Å². The summed E-state index contributed by atoms with van der Waals surface area (Å²) in [6, 6.07) is 12.1. The molecule has 0 amide bonds. The van der Waals surface area contributed by atoms with Crippen molar-refractivity contribution in [3.05, 3.63) is 53.9 Å². The first-order valence-corrected chi connectivity index (χ1v) is 11.9. The van der Waals surface area contributed by atoms with Crippen molar-refractivity contribution < 1.29 is 14.3 Å². The van der Waals surface area contributed by atoms with Crippen LogP contribution in [-0.2, 0) is 16.0 Å². The lowest BCUT2D eigenvalue weighted by molar-refractivity contribution is 0.0337. The Balaban J connectivity index is 1.28. The van der Waals surface area contributed by atoms with Gasteiger partial charge in [-0.05, 0) is 19.1 Å². The topological polar surface area (TPSA) is 83.9 Å². The molecule has 0 N–H and O–H groups in total. The fourth-order valence-electron chi connectivity index (χ4n) is 4.52. The Morgan fingerprint density at radius 3 is 2.38 bits per heavy atom. The van der Waals surface area contributed by atoms with Gasteiger partial charge in [-0.25, -0.2) is 9.78 Å². The van der Waals surface area contributed by atoms with Gasteiger partial charge >= 0.3 is 5.97 Å². The van der Waals surface area contributed by atoms with Crippen molar-refractivity contribution >= 4 is 28.4 Å². The maximum absolute atomic E-state index is 11.9. The molecule has 3 aromatic rings. The SMILES string of the molecule is CCOC(=O)c1ccc(N2CCN(c3nnc(CN4CCOCC4)c4ccccc34)CC2)nc1. The van der Waals surface area contributed by atoms with Crippen LogP contribution < -0.4 is 9.80 Å². The molecule has 1 aromatic carbocycles. The summed E-state index contributed by atoms with van der Waals surface area (Å²) in [7, 11) is 0. The summed E-state index contributed by atoms with van der Waals surface area (Å²) in [6.45, 7) is 9.61. The van der Waals surface area contributed by atoms with Gasteiger partial charge in [0, 0.05) is 62.8 Å². The Bertz CT molecular complexity index is 1130. The smallest absolute Gasteiger partial charge is 0.339 e. The van der Waals surface area contributed by atoms with E-state index >= 15 is 0 Å². The molecule has 0 saturated carbocycles. The summed E-state index contributed by atoms with van der Waals surface area (Å²) in [6.07, 6.45) is 1.59. The lowest BCUT2D eigenvalue weighted by Gasteiger charge is -2.36. The molecule has 178 valence electrons. The van der Waals surface area contributed by atoms with Crippen LogP contribution in [0.3, 0.4) is 0 Å². The largest absolute Gasteiger partial charge is 0.462 e. The van der Waals surface area contributed by atoms with Crippen LogP contribution in [0.1, 0.15) is 23.0 Å². The third-order valence-electron chi connectivity index (χ3n) is 6.38. The maximum atomic E-state index is 11.9. The number of benzene rings is 1. The van der Waals surface area contributed by atoms with Gasteiger partial charge < -0.3 is 19.3 Å². The molecular weight excluding hydrogens is 432 g/mol. The van der Waals surface area contributed by atoms with E-state index in [1.165, 1.54) is 0 Å². The maximum Gasteiger partial charge on any atom is 0.339 e. The van der Waals surface area contributed by atoms with Crippen LogP contribution in [0.25, 0.3) is 10.8 Å². The predicted molar refractivity (Wildman–Crippen MR) is 130 cm³/mol. The van der Waals surface area contributed by atoms with Crippen molar-refractivity contribution in [2.75, 3.05) is 68.9 Å². The minimum atomic E-state index is -0.339. The highest BCUT2D eigenvalue weighted by atomic mass is 16.5. The zero-order chi connectivity index (χ0) is 23.3. The fourth-order valence-corrected chi connectivity index (χ4v) is 4.52. The molecule has 34 heavy (non-hydrogen) atoms. The lowest BCUT2D eigenvalue weighted by Crippen LogP contribution is -2.47. The van der Waals surface area contributed by atoms with E-state index in [-0.39, 0.29) is 5.97 Å². The number of nitrogens with zero attached hydrogens (tertiary/aromatic N) is 6. The van der Waals surface area contributed by atoms with E-state index in [1.54, 1.807) is 19.2 Å². The number of pyridine rings is 1. The van der Waals surface area contributed by atoms with Gasteiger partial charge in [0.25, 0.3) is 0 Å². The van der Waals surface area contributed by atoms with E-state index in [2.05, 4.69) is 54.1 Å². The fraction of sp³-hybridized carbons (Fsp3) is 0.440. The van der Waals surface area contributed by atoms with Crippen molar-refractivity contribution in [2.24, 2.45) is 0 Å². The highest BCUT2D eigenvalue weighted by molar-refractivity contribution is 5.93. The monoisotopic (exact) mass is 462 g/mol. The highest BCUT2D eigenvalue weighted by Gasteiger charge is 2.23. The number of aromatic nitrogens is 3. The summed E-state index contributed by atoms with van der Waals surface area (Å²) in [5.74, 6) is 1.46. The van der Waals surface area contributed by atoms with Gasteiger partial charge in [-0.15, -0.1) is 5.10 Å². The molecule has 2 aromatic heterocycles. The Hall–Kier alpha value is -3.30. The molecule has 2 aliphatic heterocycles. The second-order valence-corrected chi connectivity index (χ2v) is 8.50. The molecule has 4 heterocycles. The van der Waals surface area contributed by atoms with Gasteiger partial charge in [-0.2, -0.15) is 5.10 Å². The number of ether oxygens (including phenoxy) is 2. The van der Waals surface area contributed by atoms with E-state index in [4.69, 9.17) is 9.47 Å². The Morgan fingerprint density at radius 1 is 0.941 bits per heavy atom. The number of rotatable bonds is 6. The molecule has 0 bridgehead atoms. The number of morpholine rings is 1. The molecule has 0 unspecified atom stereocenters. The molecule has 5 rings (SSSR count). The number of esters is 1. The molecule has 2 saturated heterocycles. The van der Waals surface area contributed by atoms with Gasteiger partial charge in [0.15, 0.2) is 5.82 Å². The predicted octanol–water partition coefficient (Wildman–Crippen LogP) is 2.36. The number of carbonyl (C=O) groups is 1. The minimum absolute atomic E-state index is 0.339. The van der Waals surface area contributed by atoms with Crippen molar-refractivity contribution in [2.45, 2.75) is 13.5 Å². The van der Waals surface area contributed by atoms with Gasteiger partial charge in [0.05, 0.1) is 31.1 Å². The first kappa shape index (κ1) is 22.5. The van der Waals surface area contributed by atoms with E-state index in [1.807, 2.05) is 6.07 Å². The standard InChI is InChI=1S/C25H30N6O3/c1-2-34-25(32)19-7-8-23(26-17-19)30-9-11-31(12-10-30)24-21-6-4-3-5-20(21)22(27-28-24)18-29-13-15-33-16-14-29/h3-8,17H,2,9-16,18H2,1H3. The quantitative estimate of drug-likeness (QED) is 0.513. The number of hydrogen-bond donors (Lipinski definition) is 0. The average Bonchev–Trinajstić information content (AvgIpc) is 2.90. The van der Waals surface area contributed by atoms with E-state index < -0.39 is 0 Å². The van der Waals surface area contributed by atoms with E-state index in [9.17, 15) is 4.79 Å².